The highest BCUT2D eigenvalue weighted by atomic mass is 16.3. The van der Waals surface area contributed by atoms with Crippen LogP contribution in [-0.2, 0) is 5.41 Å². The Balaban J connectivity index is 0.000000138. The van der Waals surface area contributed by atoms with E-state index in [1.165, 1.54) is 165 Å². The van der Waals surface area contributed by atoms with E-state index < -0.39 is 0 Å². The average molecular weight is 1170 g/mol. The molecule has 0 spiro atoms. The molecule has 2 unspecified atom stereocenters. The van der Waals surface area contributed by atoms with Crippen molar-refractivity contribution >= 4 is 98.7 Å². The maximum Gasteiger partial charge on any atom is 0.135 e. The highest BCUT2D eigenvalue weighted by molar-refractivity contribution is 6.26. The maximum atomic E-state index is 6.14. The van der Waals surface area contributed by atoms with Gasteiger partial charge in [-0.2, -0.15) is 0 Å². The molecule has 430 valence electrons. The van der Waals surface area contributed by atoms with Crippen LogP contribution in [0.25, 0.3) is 165 Å². The molecule has 1 aromatic heterocycles. The number of fused-ring (bicyclic) bond motifs is 8. The van der Waals surface area contributed by atoms with Crippen LogP contribution in [0.3, 0.4) is 0 Å². The number of hydrogen-bond acceptors (Lipinski definition) is 1. The van der Waals surface area contributed by atoms with E-state index in [2.05, 4.69) is 317 Å². The molecule has 3 aliphatic rings. The molecule has 0 N–H and O–H groups in total. The molecule has 1 heteroatoms. The molecule has 0 amide bonds. The Morgan fingerprint density at radius 1 is 0.283 bits per heavy atom. The second kappa shape index (κ2) is 20.3. The van der Waals surface area contributed by atoms with Crippen LogP contribution in [0.5, 0.6) is 0 Å². The van der Waals surface area contributed by atoms with E-state index in [1.54, 1.807) is 0 Å². The smallest absolute Gasteiger partial charge is 0.135 e. The second-order valence-corrected chi connectivity index (χ2v) is 26.1. The third-order valence-electron chi connectivity index (χ3n) is 20.9. The van der Waals surface area contributed by atoms with Crippen LogP contribution >= 0.6 is 0 Å². The summed E-state index contributed by atoms with van der Waals surface area (Å²) in [5.74, 6) is 0.652. The number of allylic oxidation sites excluding steroid dienone is 2. The molecule has 0 saturated heterocycles. The van der Waals surface area contributed by atoms with Gasteiger partial charge in [-0.3, -0.25) is 0 Å². The van der Waals surface area contributed by atoms with E-state index in [4.69, 9.17) is 4.42 Å². The van der Waals surface area contributed by atoms with Gasteiger partial charge in [0.15, 0.2) is 0 Å². The van der Waals surface area contributed by atoms with Gasteiger partial charge in [-0.05, 0) is 189 Å². The lowest BCUT2D eigenvalue weighted by atomic mass is 9.71. The zero-order valence-corrected chi connectivity index (χ0v) is 51.1. The Hall–Kier alpha value is -11.4. The molecule has 20 rings (SSSR count). The molecule has 0 bridgehead atoms. The molecule has 0 saturated carbocycles. The Morgan fingerprint density at radius 3 is 1.52 bits per heavy atom. The van der Waals surface area contributed by atoms with Gasteiger partial charge in [0.1, 0.15) is 11.2 Å². The first kappa shape index (κ1) is 52.5. The van der Waals surface area contributed by atoms with Gasteiger partial charge in [0.05, 0.1) is 0 Å². The molecule has 16 aromatic carbocycles. The predicted molar refractivity (Wildman–Crippen MR) is 391 cm³/mol. The van der Waals surface area contributed by atoms with Crippen molar-refractivity contribution in [3.05, 3.63) is 337 Å². The fourth-order valence-corrected chi connectivity index (χ4v) is 16.4. The molecule has 0 radical (unpaired) electrons. The van der Waals surface area contributed by atoms with E-state index in [-0.39, 0.29) is 5.41 Å². The zero-order chi connectivity index (χ0) is 60.8. The highest BCUT2D eigenvalue weighted by Crippen LogP contribution is 2.54. The summed E-state index contributed by atoms with van der Waals surface area (Å²) in [6.07, 6.45) is 9.60. The van der Waals surface area contributed by atoms with Gasteiger partial charge in [-0.25, -0.2) is 0 Å². The van der Waals surface area contributed by atoms with Crippen molar-refractivity contribution in [1.29, 1.82) is 0 Å². The predicted octanol–water partition coefficient (Wildman–Crippen LogP) is 25.2. The van der Waals surface area contributed by atoms with E-state index in [0.29, 0.717) is 11.8 Å². The molecule has 92 heavy (non-hydrogen) atoms. The van der Waals surface area contributed by atoms with Gasteiger partial charge in [0.25, 0.3) is 0 Å². The number of rotatable bonds is 6. The molecular formula is C91H60O. The lowest BCUT2D eigenvalue weighted by Crippen LogP contribution is -2.18. The van der Waals surface area contributed by atoms with Gasteiger partial charge >= 0.3 is 0 Å². The quantitative estimate of drug-likeness (QED) is 0.119. The summed E-state index contributed by atoms with van der Waals surface area (Å²) in [7, 11) is 0. The lowest BCUT2D eigenvalue weighted by molar-refractivity contribution is 0.655. The Bertz CT molecular complexity index is 5880. The Labute approximate surface area is 534 Å². The lowest BCUT2D eigenvalue weighted by Gasteiger charge is -2.33. The summed E-state index contributed by atoms with van der Waals surface area (Å²) in [4.78, 5) is 0. The van der Waals surface area contributed by atoms with Crippen molar-refractivity contribution < 1.29 is 4.42 Å². The molecule has 1 nitrogen and oxygen atoms in total. The van der Waals surface area contributed by atoms with Crippen molar-refractivity contribution in [2.24, 2.45) is 0 Å². The van der Waals surface area contributed by atoms with Gasteiger partial charge in [-0.1, -0.05) is 305 Å². The molecular weight excluding hydrogens is 1110 g/mol. The Kier molecular flexibility index (Phi) is 11.6. The van der Waals surface area contributed by atoms with Crippen LogP contribution in [0, 0.1) is 0 Å². The zero-order valence-electron chi connectivity index (χ0n) is 51.1. The first-order valence-corrected chi connectivity index (χ1v) is 32.4. The monoisotopic (exact) mass is 1170 g/mol. The number of para-hydroxylation sites is 1. The second-order valence-electron chi connectivity index (χ2n) is 26.1. The summed E-state index contributed by atoms with van der Waals surface area (Å²) in [6, 6.07) is 107. The van der Waals surface area contributed by atoms with Crippen LogP contribution in [-0.4, -0.2) is 0 Å². The maximum absolute atomic E-state index is 6.14. The van der Waals surface area contributed by atoms with Gasteiger partial charge in [-0.15, -0.1) is 0 Å². The minimum absolute atomic E-state index is 0.100. The van der Waals surface area contributed by atoms with Crippen LogP contribution < -0.4 is 0 Å². The van der Waals surface area contributed by atoms with E-state index >= 15 is 0 Å². The minimum atomic E-state index is -0.100. The summed E-state index contributed by atoms with van der Waals surface area (Å²) in [6.45, 7) is 4.82. The summed E-state index contributed by atoms with van der Waals surface area (Å²) >= 11 is 0. The fourth-order valence-electron chi connectivity index (χ4n) is 16.4. The van der Waals surface area contributed by atoms with Crippen molar-refractivity contribution in [2.75, 3.05) is 0 Å². The van der Waals surface area contributed by atoms with Crippen LogP contribution in [0.4, 0.5) is 0 Å². The number of benzene rings is 16. The van der Waals surface area contributed by atoms with E-state index in [0.717, 1.165) is 21.9 Å². The van der Waals surface area contributed by atoms with Gasteiger partial charge < -0.3 is 4.42 Å². The largest absolute Gasteiger partial charge is 0.456 e. The van der Waals surface area contributed by atoms with Crippen LogP contribution in [0.1, 0.15) is 59.1 Å². The van der Waals surface area contributed by atoms with Gasteiger partial charge in [0.2, 0.25) is 0 Å². The summed E-state index contributed by atoms with van der Waals surface area (Å²) in [5.41, 5.74) is 25.4. The van der Waals surface area contributed by atoms with Crippen molar-refractivity contribution in [1.82, 2.24) is 0 Å². The third-order valence-corrected chi connectivity index (χ3v) is 20.9. The first-order valence-electron chi connectivity index (χ1n) is 32.4. The van der Waals surface area contributed by atoms with E-state index in [9.17, 15) is 0 Å². The average Bonchev–Trinajstić information content (AvgIpc) is 1.47. The number of hydrogen-bond donors (Lipinski definition) is 0. The molecule has 1 heterocycles. The topological polar surface area (TPSA) is 13.1 Å². The Morgan fingerprint density at radius 2 is 0.783 bits per heavy atom. The fraction of sp³-hybridized carbons (Fsp3) is 0.0549. The molecule has 17 aromatic rings. The van der Waals surface area contributed by atoms with Crippen molar-refractivity contribution in [2.45, 2.75) is 31.1 Å². The summed E-state index contributed by atoms with van der Waals surface area (Å²) in [5, 5.41) is 18.1. The molecule has 3 aliphatic carbocycles. The van der Waals surface area contributed by atoms with E-state index in [1.807, 2.05) is 12.1 Å². The molecule has 0 aliphatic heterocycles. The highest BCUT2D eigenvalue weighted by Gasteiger charge is 2.38. The SMILES string of the molecule is CC1(C)c2cc(-c3ccc(-c4ccc5ccc6cccc7ccc4c5c67)cc3)ccc2-c2ccc(C3C=Cc4ccc5cccc6c5c4C3C=C6)cc21.c1ccc(-c2ccc(-c3c4ccccc4c(-c4ccc5oc6ccccc6c5c4)c4ccccc34)cc2)cc1. The third kappa shape index (κ3) is 8.05. The normalized spacial score (nSPS) is 15.1. The number of furan rings is 1. The van der Waals surface area contributed by atoms with Crippen LogP contribution in [0.2, 0.25) is 0 Å². The van der Waals surface area contributed by atoms with Gasteiger partial charge in [0, 0.05) is 28.0 Å². The van der Waals surface area contributed by atoms with Crippen LogP contribution in [0.15, 0.2) is 308 Å². The standard InChI is InChI=1S/C53H36.C38H24O/c1-53(2)47-29-39(31-9-11-32(12-10-31)41-23-17-37-15-13-33-5-3-7-35-19-27-45(41)51(37)49(33)35)21-25-43(47)44-26-22-40(30-48(44)53)42-24-18-38-16-14-34-6-4-8-36-20-28-46(42)52(38)50(34)36;1-2-10-25(11-3-1)26-18-20-27(21-19-26)37-30-13-4-6-15-32(30)38(33-16-7-5-14-31(33)37)28-22-23-36-34(24-28)29-12-8-9-17-35(29)39-36/h3-30,42,46H,1-2H3;1-24H. The van der Waals surface area contributed by atoms with Crippen molar-refractivity contribution in [3.63, 3.8) is 0 Å². The first-order chi connectivity index (χ1) is 45.4. The van der Waals surface area contributed by atoms with Crippen molar-refractivity contribution in [3.8, 4) is 66.8 Å². The molecule has 2 atom stereocenters. The minimum Gasteiger partial charge on any atom is -0.456 e. The molecule has 0 fully saturated rings. The summed E-state index contributed by atoms with van der Waals surface area (Å²) < 4.78 is 6.14.